The number of nitrogens with zero attached hydrogens (tertiary/aromatic N) is 2. The summed E-state index contributed by atoms with van der Waals surface area (Å²) in [5.41, 5.74) is 0.933. The summed E-state index contributed by atoms with van der Waals surface area (Å²) in [6.45, 7) is 6.04. The minimum absolute atomic E-state index is 0.387. The predicted octanol–water partition coefficient (Wildman–Crippen LogP) is 0.947. The maximum absolute atomic E-state index is 5.69. The molecule has 0 radical (unpaired) electrons. The third-order valence-corrected chi connectivity index (χ3v) is 1.59. The van der Waals surface area contributed by atoms with E-state index in [1.165, 1.54) is 5.01 Å². The van der Waals surface area contributed by atoms with Crippen LogP contribution in [0, 0.1) is 0 Å². The molecule has 4 nitrogen and oxygen atoms in total. The fourth-order valence-corrected chi connectivity index (χ4v) is 1.08. The van der Waals surface area contributed by atoms with E-state index in [4.69, 9.17) is 5.84 Å². The highest BCUT2D eigenvalue weighted by molar-refractivity contribution is 5.79. The highest BCUT2D eigenvalue weighted by Crippen LogP contribution is 2.08. The van der Waals surface area contributed by atoms with Gasteiger partial charge in [-0.15, -0.1) is 0 Å². The number of rotatable bonds is 2. The minimum Gasteiger partial charge on any atom is -0.380 e. The molecule has 0 bridgehead atoms. The molecular weight excluding hydrogens is 164 g/mol. The molecule has 13 heavy (non-hydrogen) atoms. The molecule has 0 aromatic carbocycles. The summed E-state index contributed by atoms with van der Waals surface area (Å²) in [6.07, 6.45) is 5.46. The lowest BCUT2D eigenvalue weighted by atomic mass is 10.3. The van der Waals surface area contributed by atoms with Crippen LogP contribution in [-0.2, 0) is 0 Å². The van der Waals surface area contributed by atoms with Crippen LogP contribution in [0.3, 0.4) is 0 Å². The van der Waals surface area contributed by atoms with Crippen molar-refractivity contribution in [3.63, 3.8) is 0 Å². The summed E-state index contributed by atoms with van der Waals surface area (Å²) in [5.74, 6) is 6.45. The number of hydrogen-bond donors (Lipinski definition) is 2. The van der Waals surface area contributed by atoms with Crippen molar-refractivity contribution in [2.24, 2.45) is 10.8 Å². The topological polar surface area (TPSA) is 53.7 Å². The van der Waals surface area contributed by atoms with Crippen LogP contribution in [0.15, 0.2) is 28.8 Å². The van der Waals surface area contributed by atoms with E-state index in [0.717, 1.165) is 11.5 Å². The largest absolute Gasteiger partial charge is 0.380 e. The lowest BCUT2D eigenvalue weighted by molar-refractivity contribution is 0.472. The van der Waals surface area contributed by atoms with Crippen molar-refractivity contribution in [2.45, 2.75) is 26.8 Å². The van der Waals surface area contributed by atoms with Crippen LogP contribution in [0.4, 0.5) is 0 Å². The molecule has 0 saturated carbocycles. The van der Waals surface area contributed by atoms with Crippen molar-refractivity contribution < 1.29 is 0 Å². The lowest BCUT2D eigenvalue weighted by Crippen LogP contribution is -2.32. The average Bonchev–Trinajstić information content (AvgIpc) is 2.03. The van der Waals surface area contributed by atoms with Crippen molar-refractivity contribution in [1.82, 2.24) is 10.3 Å². The molecule has 1 rings (SSSR count). The van der Waals surface area contributed by atoms with Gasteiger partial charge < -0.3 is 5.32 Å². The zero-order valence-corrected chi connectivity index (χ0v) is 8.28. The first-order chi connectivity index (χ1) is 6.13. The van der Waals surface area contributed by atoms with Crippen molar-refractivity contribution >= 4 is 6.21 Å². The third kappa shape index (κ3) is 2.59. The molecular formula is C9H16N4. The number of nitrogens with two attached hydrogens (primary N) is 1. The fraction of sp³-hybridized carbons (Fsp3) is 0.444. The van der Waals surface area contributed by atoms with E-state index < -0.39 is 0 Å². The molecule has 4 heteroatoms. The Bertz CT molecular complexity index is 263. The van der Waals surface area contributed by atoms with Crippen LogP contribution in [0.2, 0.25) is 0 Å². The Morgan fingerprint density at radius 1 is 1.62 bits per heavy atom. The van der Waals surface area contributed by atoms with Gasteiger partial charge in [0.05, 0.1) is 11.9 Å². The summed E-state index contributed by atoms with van der Waals surface area (Å²) < 4.78 is 0. The van der Waals surface area contributed by atoms with E-state index >= 15 is 0 Å². The lowest BCUT2D eigenvalue weighted by Gasteiger charge is -2.21. The van der Waals surface area contributed by atoms with Gasteiger partial charge >= 0.3 is 0 Å². The van der Waals surface area contributed by atoms with Gasteiger partial charge in [-0.3, -0.25) is 5.01 Å². The summed E-state index contributed by atoms with van der Waals surface area (Å²) in [6, 6.07) is 0.387. The van der Waals surface area contributed by atoms with Crippen LogP contribution in [0.5, 0.6) is 0 Å². The Hall–Kier alpha value is -1.29. The molecule has 0 fully saturated rings. The van der Waals surface area contributed by atoms with Crippen LogP contribution >= 0.6 is 0 Å². The summed E-state index contributed by atoms with van der Waals surface area (Å²) in [5, 5.41) is 4.72. The zero-order chi connectivity index (χ0) is 9.84. The summed E-state index contributed by atoms with van der Waals surface area (Å²) >= 11 is 0. The molecule has 1 aliphatic rings. The molecule has 0 saturated heterocycles. The van der Waals surface area contributed by atoms with Crippen molar-refractivity contribution in [3.05, 3.63) is 23.8 Å². The van der Waals surface area contributed by atoms with Crippen molar-refractivity contribution in [2.75, 3.05) is 0 Å². The Morgan fingerprint density at radius 3 is 2.77 bits per heavy atom. The SMILES string of the molecule is C/C=C1/N=CC(NC(C)C)=CN1N. The first-order valence-electron chi connectivity index (χ1n) is 4.36. The van der Waals surface area contributed by atoms with Gasteiger partial charge in [-0.25, -0.2) is 10.8 Å². The zero-order valence-electron chi connectivity index (χ0n) is 8.28. The quantitative estimate of drug-likeness (QED) is 0.622. The second-order valence-corrected chi connectivity index (χ2v) is 3.20. The van der Waals surface area contributed by atoms with Gasteiger partial charge in [0.1, 0.15) is 5.82 Å². The number of aliphatic imine (C=N–C) groups is 1. The van der Waals surface area contributed by atoms with E-state index in [0.29, 0.717) is 6.04 Å². The minimum atomic E-state index is 0.387. The first kappa shape index (κ1) is 9.80. The Labute approximate surface area is 78.8 Å². The smallest absolute Gasteiger partial charge is 0.142 e. The van der Waals surface area contributed by atoms with Gasteiger partial charge in [0.25, 0.3) is 0 Å². The molecule has 0 aliphatic carbocycles. The van der Waals surface area contributed by atoms with Crippen LogP contribution in [0.1, 0.15) is 20.8 Å². The third-order valence-electron chi connectivity index (χ3n) is 1.59. The van der Waals surface area contributed by atoms with Crippen LogP contribution in [0.25, 0.3) is 0 Å². The van der Waals surface area contributed by atoms with Crippen LogP contribution < -0.4 is 11.2 Å². The molecule has 0 atom stereocenters. The predicted molar refractivity (Wildman–Crippen MR) is 54.6 cm³/mol. The van der Waals surface area contributed by atoms with Gasteiger partial charge in [-0.05, 0) is 26.8 Å². The van der Waals surface area contributed by atoms with Crippen LogP contribution in [-0.4, -0.2) is 17.3 Å². The Balaban J connectivity index is 2.68. The second-order valence-electron chi connectivity index (χ2n) is 3.20. The van der Waals surface area contributed by atoms with E-state index in [1.807, 2.05) is 19.2 Å². The molecule has 0 aromatic rings. The number of hydrogen-bond acceptors (Lipinski definition) is 4. The monoisotopic (exact) mass is 180 g/mol. The fourth-order valence-electron chi connectivity index (χ4n) is 1.08. The molecule has 3 N–H and O–H groups in total. The number of allylic oxidation sites excluding steroid dienone is 2. The van der Waals surface area contributed by atoms with E-state index in [9.17, 15) is 0 Å². The van der Waals surface area contributed by atoms with Gasteiger partial charge in [0.2, 0.25) is 0 Å². The molecule has 1 heterocycles. The number of hydrazine groups is 1. The van der Waals surface area contributed by atoms with Gasteiger partial charge in [0, 0.05) is 12.2 Å². The molecule has 72 valence electrons. The second kappa shape index (κ2) is 4.09. The average molecular weight is 180 g/mol. The Kier molecular flexibility index (Phi) is 3.08. The highest BCUT2D eigenvalue weighted by Gasteiger charge is 2.07. The molecule has 0 unspecified atom stereocenters. The van der Waals surface area contributed by atoms with Gasteiger partial charge in [-0.1, -0.05) is 0 Å². The van der Waals surface area contributed by atoms with Gasteiger partial charge in [-0.2, -0.15) is 0 Å². The maximum atomic E-state index is 5.69. The Morgan fingerprint density at radius 2 is 2.31 bits per heavy atom. The van der Waals surface area contributed by atoms with E-state index in [-0.39, 0.29) is 0 Å². The van der Waals surface area contributed by atoms with Gasteiger partial charge in [0.15, 0.2) is 0 Å². The first-order valence-corrected chi connectivity index (χ1v) is 4.36. The van der Waals surface area contributed by atoms with Crippen molar-refractivity contribution in [3.8, 4) is 0 Å². The number of nitrogens with one attached hydrogen (secondary N) is 1. The maximum Gasteiger partial charge on any atom is 0.142 e. The highest BCUT2D eigenvalue weighted by atomic mass is 15.4. The van der Waals surface area contributed by atoms with E-state index in [1.54, 1.807) is 6.21 Å². The molecule has 1 aliphatic heterocycles. The standard InChI is InChI=1S/C9H16N4/c1-4-9-11-5-8(6-13(9)10)12-7(2)3/h4-7,12H,10H2,1-3H3/b9-4-. The molecule has 0 spiro atoms. The normalized spacial score (nSPS) is 19.6. The summed E-state index contributed by atoms with van der Waals surface area (Å²) in [7, 11) is 0. The van der Waals surface area contributed by atoms with E-state index in [2.05, 4.69) is 24.2 Å². The van der Waals surface area contributed by atoms with Crippen molar-refractivity contribution in [1.29, 1.82) is 0 Å². The molecule has 0 amide bonds. The molecule has 0 aromatic heterocycles. The summed E-state index contributed by atoms with van der Waals surface area (Å²) in [4.78, 5) is 4.17.